The molecule has 7 heteroatoms. The van der Waals surface area contributed by atoms with Crippen molar-refractivity contribution in [3.8, 4) is 0 Å². The zero-order valence-electron chi connectivity index (χ0n) is 23.1. The molecule has 1 aliphatic rings. The Bertz CT molecular complexity index is 1070. The second-order valence-electron chi connectivity index (χ2n) is 10.8. The lowest BCUT2D eigenvalue weighted by Gasteiger charge is -2.29. The number of fused-ring (bicyclic) bond motifs is 1. The van der Waals surface area contributed by atoms with Crippen molar-refractivity contribution in [1.82, 2.24) is 10.2 Å². The van der Waals surface area contributed by atoms with E-state index in [-0.39, 0.29) is 12.3 Å². The van der Waals surface area contributed by atoms with E-state index in [1.807, 2.05) is 47.4 Å². The van der Waals surface area contributed by atoms with Gasteiger partial charge in [-0.3, -0.25) is 14.5 Å². The van der Waals surface area contributed by atoms with Gasteiger partial charge in [0, 0.05) is 37.7 Å². The molecule has 0 spiro atoms. The Hall–Kier alpha value is -3.19. The molecule has 0 aromatic heterocycles. The van der Waals surface area contributed by atoms with Crippen molar-refractivity contribution >= 4 is 23.5 Å². The summed E-state index contributed by atoms with van der Waals surface area (Å²) in [5.41, 5.74) is 3.01. The monoisotopic (exact) mass is 521 g/mol. The highest BCUT2D eigenvalue weighted by molar-refractivity contribution is 5.98. The SMILES string of the molecule is CC(=O)N1CCCCCCCN(CCC(C)C)Cc2cc(C(=O)N[C@@H](Cc3ccccc3)C(=O)O)ccc21. The molecule has 2 aromatic carbocycles. The highest BCUT2D eigenvalue weighted by Gasteiger charge is 2.24. The Morgan fingerprint density at radius 3 is 2.29 bits per heavy atom. The number of hydrogen-bond donors (Lipinski definition) is 2. The van der Waals surface area contributed by atoms with Gasteiger partial charge in [0.2, 0.25) is 5.91 Å². The van der Waals surface area contributed by atoms with E-state index in [1.54, 1.807) is 13.0 Å². The van der Waals surface area contributed by atoms with Gasteiger partial charge >= 0.3 is 5.97 Å². The standard InChI is InChI=1S/C31H43N3O4/c1-23(2)16-19-33-17-10-5-4-6-11-18-34(24(3)35)29-15-14-26(21-27(29)22-33)30(36)32-28(31(37)38)20-25-12-8-7-9-13-25/h7-9,12-15,21,23,28H,4-6,10-11,16-20,22H2,1-3H3,(H,32,36)(H,37,38)/t28-/m0/s1. The first-order valence-electron chi connectivity index (χ1n) is 14.0. The Labute approximate surface area is 227 Å². The third kappa shape index (κ3) is 8.98. The van der Waals surface area contributed by atoms with Crippen molar-refractivity contribution in [3.05, 3.63) is 65.2 Å². The minimum Gasteiger partial charge on any atom is -0.480 e. The quantitative estimate of drug-likeness (QED) is 0.494. The van der Waals surface area contributed by atoms with Gasteiger partial charge in [0.1, 0.15) is 6.04 Å². The normalized spacial score (nSPS) is 16.2. The van der Waals surface area contributed by atoms with Crippen LogP contribution in [0.1, 0.15) is 80.8 Å². The number of amides is 2. The van der Waals surface area contributed by atoms with Crippen LogP contribution in [0.5, 0.6) is 0 Å². The molecule has 0 radical (unpaired) electrons. The summed E-state index contributed by atoms with van der Waals surface area (Å²) in [5, 5.41) is 12.5. The summed E-state index contributed by atoms with van der Waals surface area (Å²) in [6.45, 7) is 9.25. The Morgan fingerprint density at radius 1 is 0.947 bits per heavy atom. The van der Waals surface area contributed by atoms with Crippen molar-refractivity contribution in [1.29, 1.82) is 0 Å². The maximum atomic E-state index is 13.3. The molecular weight excluding hydrogens is 478 g/mol. The van der Waals surface area contributed by atoms with E-state index in [0.717, 1.165) is 55.6 Å². The van der Waals surface area contributed by atoms with Gasteiger partial charge in [-0.05, 0) is 67.6 Å². The summed E-state index contributed by atoms with van der Waals surface area (Å²) >= 11 is 0. The minimum atomic E-state index is -1.07. The largest absolute Gasteiger partial charge is 0.480 e. The van der Waals surface area contributed by atoms with E-state index in [0.29, 0.717) is 24.6 Å². The number of hydrogen-bond acceptors (Lipinski definition) is 4. The number of carbonyl (C=O) groups is 3. The molecule has 1 aliphatic heterocycles. The smallest absolute Gasteiger partial charge is 0.326 e. The summed E-state index contributed by atoms with van der Waals surface area (Å²) < 4.78 is 0. The van der Waals surface area contributed by atoms with Crippen LogP contribution < -0.4 is 10.2 Å². The molecule has 3 rings (SSSR count). The first-order chi connectivity index (χ1) is 18.2. The van der Waals surface area contributed by atoms with E-state index >= 15 is 0 Å². The van der Waals surface area contributed by atoms with Crippen LogP contribution in [0, 0.1) is 5.92 Å². The van der Waals surface area contributed by atoms with E-state index < -0.39 is 17.9 Å². The fourth-order valence-corrected chi connectivity index (χ4v) is 4.94. The van der Waals surface area contributed by atoms with E-state index in [1.165, 1.54) is 12.8 Å². The Kier molecular flexibility index (Phi) is 11.3. The van der Waals surface area contributed by atoms with Crippen LogP contribution in [0.3, 0.4) is 0 Å². The van der Waals surface area contributed by atoms with Gasteiger partial charge in [-0.1, -0.05) is 63.4 Å². The van der Waals surface area contributed by atoms with Crippen LogP contribution in [0.4, 0.5) is 5.69 Å². The third-order valence-corrected chi connectivity index (χ3v) is 7.17. The number of carboxylic acids is 1. The highest BCUT2D eigenvalue weighted by atomic mass is 16.4. The number of nitrogens with zero attached hydrogens (tertiary/aromatic N) is 2. The molecule has 0 bridgehead atoms. The lowest BCUT2D eigenvalue weighted by molar-refractivity contribution is -0.139. The van der Waals surface area contributed by atoms with Gasteiger partial charge in [0.15, 0.2) is 0 Å². The molecule has 0 unspecified atom stereocenters. The summed E-state index contributed by atoms with van der Waals surface area (Å²) in [4.78, 5) is 42.1. The van der Waals surface area contributed by atoms with Crippen LogP contribution in [-0.2, 0) is 22.6 Å². The zero-order chi connectivity index (χ0) is 27.5. The van der Waals surface area contributed by atoms with Crippen molar-refractivity contribution in [2.24, 2.45) is 5.92 Å². The zero-order valence-corrected chi connectivity index (χ0v) is 23.1. The molecule has 2 N–H and O–H groups in total. The van der Waals surface area contributed by atoms with Gasteiger partial charge in [0.05, 0.1) is 0 Å². The van der Waals surface area contributed by atoms with Crippen LogP contribution in [-0.4, -0.2) is 53.5 Å². The number of rotatable bonds is 8. The summed E-state index contributed by atoms with van der Waals surface area (Å²) in [7, 11) is 0. The molecule has 38 heavy (non-hydrogen) atoms. The summed E-state index contributed by atoms with van der Waals surface area (Å²) in [6.07, 6.45) is 6.78. The fourth-order valence-electron chi connectivity index (χ4n) is 4.94. The second kappa shape index (κ2) is 14.7. The second-order valence-corrected chi connectivity index (χ2v) is 10.8. The summed E-state index contributed by atoms with van der Waals surface area (Å²) in [5.74, 6) is -0.927. The molecule has 0 saturated heterocycles. The number of anilines is 1. The molecule has 1 heterocycles. The van der Waals surface area contributed by atoms with Crippen LogP contribution >= 0.6 is 0 Å². The maximum Gasteiger partial charge on any atom is 0.326 e. The van der Waals surface area contributed by atoms with E-state index in [9.17, 15) is 19.5 Å². The molecule has 206 valence electrons. The highest BCUT2D eigenvalue weighted by Crippen LogP contribution is 2.26. The molecular formula is C31H43N3O4. The molecule has 0 saturated carbocycles. The first-order valence-corrected chi connectivity index (χ1v) is 14.0. The number of nitrogens with one attached hydrogen (secondary N) is 1. The van der Waals surface area contributed by atoms with Gasteiger partial charge in [-0.15, -0.1) is 0 Å². The average molecular weight is 522 g/mol. The van der Waals surface area contributed by atoms with Gasteiger partial charge < -0.3 is 15.3 Å². The van der Waals surface area contributed by atoms with E-state index in [4.69, 9.17) is 0 Å². The number of carbonyl (C=O) groups excluding carboxylic acids is 2. The molecule has 7 nitrogen and oxygen atoms in total. The number of aliphatic carboxylic acids is 1. The fraction of sp³-hybridized carbons (Fsp3) is 0.516. The number of carboxylic acid groups (broad SMARTS) is 1. The first kappa shape index (κ1) is 29.4. The molecule has 0 aliphatic carbocycles. The molecule has 0 fully saturated rings. The summed E-state index contributed by atoms with van der Waals surface area (Å²) in [6, 6.07) is 13.6. The van der Waals surface area contributed by atoms with Crippen molar-refractivity contribution in [2.75, 3.05) is 24.5 Å². The van der Waals surface area contributed by atoms with Gasteiger partial charge in [-0.2, -0.15) is 0 Å². The maximum absolute atomic E-state index is 13.3. The van der Waals surface area contributed by atoms with Crippen molar-refractivity contribution in [3.63, 3.8) is 0 Å². The predicted molar refractivity (Wildman–Crippen MR) is 151 cm³/mol. The van der Waals surface area contributed by atoms with Crippen LogP contribution in [0.25, 0.3) is 0 Å². The van der Waals surface area contributed by atoms with E-state index in [2.05, 4.69) is 24.1 Å². The minimum absolute atomic E-state index is 0.0111. The average Bonchev–Trinajstić information content (AvgIpc) is 2.87. The topological polar surface area (TPSA) is 90.0 Å². The number of benzene rings is 2. The Morgan fingerprint density at radius 2 is 1.63 bits per heavy atom. The van der Waals surface area contributed by atoms with Crippen LogP contribution in [0.15, 0.2) is 48.5 Å². The van der Waals surface area contributed by atoms with Crippen molar-refractivity contribution < 1.29 is 19.5 Å². The van der Waals surface area contributed by atoms with Gasteiger partial charge in [0.25, 0.3) is 5.91 Å². The molecule has 2 amide bonds. The lowest BCUT2D eigenvalue weighted by Crippen LogP contribution is -2.42. The molecule has 1 atom stereocenters. The molecule has 2 aromatic rings. The van der Waals surface area contributed by atoms with Crippen LogP contribution in [0.2, 0.25) is 0 Å². The van der Waals surface area contributed by atoms with Gasteiger partial charge in [-0.25, -0.2) is 4.79 Å². The third-order valence-electron chi connectivity index (χ3n) is 7.17. The lowest BCUT2D eigenvalue weighted by atomic mass is 10.0. The Balaban J connectivity index is 1.90. The van der Waals surface area contributed by atoms with Crippen molar-refractivity contribution in [2.45, 2.75) is 78.3 Å². The predicted octanol–water partition coefficient (Wildman–Crippen LogP) is 5.28.